The Morgan fingerprint density at radius 3 is 2.62 bits per heavy atom. The minimum atomic E-state index is -0.643. The van der Waals surface area contributed by atoms with Crippen LogP contribution >= 0.6 is 23.2 Å². The number of halogens is 2. The summed E-state index contributed by atoms with van der Waals surface area (Å²) < 4.78 is 12.1. The predicted molar refractivity (Wildman–Crippen MR) is 139 cm³/mol. The fourth-order valence-electron chi connectivity index (χ4n) is 4.35. The van der Waals surface area contributed by atoms with E-state index < -0.39 is 17.9 Å². The number of furan rings is 1. The molecule has 188 valence electrons. The van der Waals surface area contributed by atoms with Crippen LogP contribution in [0.5, 0.6) is 0 Å². The van der Waals surface area contributed by atoms with Gasteiger partial charge in [-0.25, -0.2) is 9.59 Å². The molecule has 5 rings (SSSR count). The first-order valence-electron chi connectivity index (χ1n) is 11.3. The van der Waals surface area contributed by atoms with Crippen molar-refractivity contribution in [3.05, 3.63) is 98.7 Å². The summed E-state index contributed by atoms with van der Waals surface area (Å²) in [6.45, 7) is 2.32. The van der Waals surface area contributed by atoms with Crippen LogP contribution in [-0.2, 0) is 22.6 Å². The van der Waals surface area contributed by atoms with Gasteiger partial charge >= 0.3 is 12.0 Å². The van der Waals surface area contributed by atoms with Gasteiger partial charge in [0.05, 0.1) is 13.7 Å². The van der Waals surface area contributed by atoms with Gasteiger partial charge in [0.15, 0.2) is 0 Å². The monoisotopic (exact) mass is 537 g/mol. The Morgan fingerprint density at radius 1 is 1.08 bits per heavy atom. The topological polar surface area (TPSA) is 93.8 Å². The lowest BCUT2D eigenvalue weighted by Gasteiger charge is -2.11. The Kier molecular flexibility index (Phi) is 6.54. The lowest BCUT2D eigenvalue weighted by Crippen LogP contribution is -2.30. The molecule has 0 saturated carbocycles. The van der Waals surface area contributed by atoms with Crippen LogP contribution in [0.15, 0.2) is 64.7 Å². The molecule has 0 bridgehead atoms. The molecule has 10 heteroatoms. The van der Waals surface area contributed by atoms with Crippen molar-refractivity contribution >= 4 is 58.1 Å². The number of aromatic nitrogens is 1. The van der Waals surface area contributed by atoms with Crippen molar-refractivity contribution in [3.8, 4) is 0 Å². The smallest absolute Gasteiger partial charge is 0.373 e. The van der Waals surface area contributed by atoms with E-state index in [1.807, 2.05) is 37.3 Å². The Balaban J connectivity index is 1.47. The highest BCUT2D eigenvalue weighted by molar-refractivity contribution is 6.35. The van der Waals surface area contributed by atoms with E-state index in [1.54, 1.807) is 18.2 Å². The highest BCUT2D eigenvalue weighted by atomic mass is 35.5. The number of rotatable bonds is 6. The summed E-state index contributed by atoms with van der Waals surface area (Å²) in [5, 5.41) is 4.69. The molecule has 2 aromatic carbocycles. The maximum absolute atomic E-state index is 13.1. The third-order valence-corrected chi connectivity index (χ3v) is 6.82. The number of hydrogen-bond acceptors (Lipinski definition) is 5. The summed E-state index contributed by atoms with van der Waals surface area (Å²) in [6, 6.07) is 15.6. The molecule has 37 heavy (non-hydrogen) atoms. The number of ether oxygens (including phenoxy) is 1. The summed E-state index contributed by atoms with van der Waals surface area (Å²) >= 11 is 12.5. The Labute approximate surface area is 222 Å². The Bertz CT molecular complexity index is 1600. The molecule has 1 aliphatic rings. The normalized spacial score (nSPS) is 14.6. The van der Waals surface area contributed by atoms with E-state index in [0.29, 0.717) is 16.6 Å². The number of benzene rings is 2. The fourth-order valence-corrected chi connectivity index (χ4v) is 4.82. The van der Waals surface area contributed by atoms with Crippen LogP contribution < -0.4 is 5.32 Å². The van der Waals surface area contributed by atoms with Crippen LogP contribution in [0.2, 0.25) is 10.0 Å². The summed E-state index contributed by atoms with van der Waals surface area (Å²) in [6.07, 6.45) is 1.68. The second-order valence-electron chi connectivity index (χ2n) is 8.48. The summed E-state index contributed by atoms with van der Waals surface area (Å²) in [5.74, 6) is -0.879. The third-order valence-electron chi connectivity index (χ3n) is 6.24. The van der Waals surface area contributed by atoms with Gasteiger partial charge in [0.2, 0.25) is 5.76 Å². The van der Waals surface area contributed by atoms with Crippen LogP contribution in [0.25, 0.3) is 17.0 Å². The van der Waals surface area contributed by atoms with Crippen LogP contribution in [0.4, 0.5) is 4.79 Å². The molecule has 0 unspecified atom stereocenters. The molecule has 0 aliphatic carbocycles. The first-order chi connectivity index (χ1) is 17.8. The number of fused-ring (bicyclic) bond motifs is 1. The molecule has 0 atom stereocenters. The van der Waals surface area contributed by atoms with Crippen LogP contribution in [0, 0.1) is 6.92 Å². The number of urea groups is 1. The molecule has 0 radical (unpaired) electrons. The molecule has 1 N–H and O–H groups in total. The Hall–Kier alpha value is -4.01. The largest absolute Gasteiger partial charge is 0.463 e. The number of esters is 1. The van der Waals surface area contributed by atoms with Crippen molar-refractivity contribution in [1.82, 2.24) is 14.8 Å². The maximum atomic E-state index is 13.1. The number of nitrogens with one attached hydrogen (secondary N) is 1. The minimum Gasteiger partial charge on any atom is -0.463 e. The van der Waals surface area contributed by atoms with E-state index in [-0.39, 0.29) is 23.8 Å². The van der Waals surface area contributed by atoms with Gasteiger partial charge in [-0.05, 0) is 48.9 Å². The summed E-state index contributed by atoms with van der Waals surface area (Å²) in [4.78, 5) is 38.4. The van der Waals surface area contributed by atoms with Gasteiger partial charge in [0, 0.05) is 38.8 Å². The second kappa shape index (κ2) is 9.80. The third kappa shape index (κ3) is 4.61. The molecule has 1 aliphatic heterocycles. The number of hydrogen-bond donors (Lipinski definition) is 1. The highest BCUT2D eigenvalue weighted by Crippen LogP contribution is 2.31. The number of imide groups is 1. The maximum Gasteiger partial charge on any atom is 0.373 e. The van der Waals surface area contributed by atoms with Crippen LogP contribution in [0.1, 0.15) is 33.1 Å². The van der Waals surface area contributed by atoms with Crippen molar-refractivity contribution in [2.24, 2.45) is 0 Å². The van der Waals surface area contributed by atoms with Crippen molar-refractivity contribution in [2.45, 2.75) is 20.0 Å². The molecular weight excluding hydrogens is 517 g/mol. The van der Waals surface area contributed by atoms with Gasteiger partial charge < -0.3 is 19.0 Å². The van der Waals surface area contributed by atoms with Gasteiger partial charge in [0.1, 0.15) is 11.5 Å². The average molecular weight is 538 g/mol. The van der Waals surface area contributed by atoms with Crippen molar-refractivity contribution in [2.75, 3.05) is 7.11 Å². The van der Waals surface area contributed by atoms with Gasteiger partial charge in [0.25, 0.3) is 5.91 Å². The van der Waals surface area contributed by atoms with Gasteiger partial charge in [-0.3, -0.25) is 9.69 Å². The molecule has 1 fully saturated rings. The molecule has 0 spiro atoms. The lowest BCUT2D eigenvalue weighted by atomic mass is 10.1. The molecular formula is C27H21Cl2N3O5. The quantitative estimate of drug-likeness (QED) is 0.191. The first kappa shape index (κ1) is 24.7. The van der Waals surface area contributed by atoms with Gasteiger partial charge in [-0.1, -0.05) is 47.5 Å². The number of carbonyl (C=O) groups is 3. The summed E-state index contributed by atoms with van der Waals surface area (Å²) in [5.41, 5.74) is 3.69. The molecule has 8 nitrogen and oxygen atoms in total. The van der Waals surface area contributed by atoms with Crippen molar-refractivity contribution in [1.29, 1.82) is 0 Å². The highest BCUT2D eigenvalue weighted by Gasteiger charge is 2.35. The molecule has 3 amide bonds. The van der Waals surface area contributed by atoms with E-state index in [4.69, 9.17) is 27.6 Å². The van der Waals surface area contributed by atoms with E-state index in [9.17, 15) is 14.4 Å². The van der Waals surface area contributed by atoms with Crippen LogP contribution in [-0.4, -0.2) is 34.5 Å². The molecule has 4 aromatic rings. The Morgan fingerprint density at radius 2 is 1.86 bits per heavy atom. The van der Waals surface area contributed by atoms with Crippen molar-refractivity contribution in [3.63, 3.8) is 0 Å². The zero-order chi connectivity index (χ0) is 26.3. The van der Waals surface area contributed by atoms with E-state index in [2.05, 4.69) is 14.6 Å². The second-order valence-corrected chi connectivity index (χ2v) is 9.32. The standard InChI is InChI=1S/C27H21Cl2N3O5/c1-15-20(19-5-3-4-6-23(19)31(15)13-16-7-8-17(28)11-21(16)29)12-22-25(33)32(27(35)30-22)14-18-9-10-24(37-18)26(34)36-2/h3-12H,13-14H2,1-2H3,(H,30,35)/b22-12-. The minimum absolute atomic E-state index is 0.00968. The SMILES string of the molecule is COC(=O)c1ccc(CN2C(=O)N/C(=C\c3c(C)n(Cc4ccc(Cl)cc4Cl)c4ccccc34)C2=O)o1. The number of para-hydroxylation sites is 1. The number of methoxy groups -OCH3 is 1. The molecule has 3 heterocycles. The first-order valence-corrected chi connectivity index (χ1v) is 12.1. The zero-order valence-electron chi connectivity index (χ0n) is 19.9. The molecule has 1 saturated heterocycles. The molecule has 2 aromatic heterocycles. The van der Waals surface area contributed by atoms with E-state index in [0.717, 1.165) is 32.6 Å². The fraction of sp³-hybridized carbons (Fsp3) is 0.148. The number of nitrogens with zero attached hydrogens (tertiary/aromatic N) is 2. The van der Waals surface area contributed by atoms with Crippen LogP contribution in [0.3, 0.4) is 0 Å². The number of amides is 3. The lowest BCUT2D eigenvalue weighted by molar-refractivity contribution is -0.123. The predicted octanol–water partition coefficient (Wildman–Crippen LogP) is 5.78. The zero-order valence-corrected chi connectivity index (χ0v) is 21.4. The van der Waals surface area contributed by atoms with E-state index >= 15 is 0 Å². The summed E-state index contributed by atoms with van der Waals surface area (Å²) in [7, 11) is 1.24. The van der Waals surface area contributed by atoms with Gasteiger partial charge in [-0.15, -0.1) is 0 Å². The van der Waals surface area contributed by atoms with Gasteiger partial charge in [-0.2, -0.15) is 0 Å². The number of carbonyl (C=O) groups excluding carboxylic acids is 3. The van der Waals surface area contributed by atoms with Crippen molar-refractivity contribution < 1.29 is 23.5 Å². The van der Waals surface area contributed by atoms with E-state index in [1.165, 1.54) is 19.2 Å². The average Bonchev–Trinajstić information content (AvgIpc) is 3.53.